The Bertz CT molecular complexity index is 752. The zero-order chi connectivity index (χ0) is 13.9. The molecule has 0 amide bonds. The van der Waals surface area contributed by atoms with Crippen molar-refractivity contribution in [2.24, 2.45) is 0 Å². The van der Waals surface area contributed by atoms with Gasteiger partial charge in [-0.15, -0.1) is 11.3 Å². The van der Waals surface area contributed by atoms with Gasteiger partial charge in [0.05, 0.1) is 11.8 Å². The molecule has 3 aromatic rings. The van der Waals surface area contributed by atoms with Crippen LogP contribution in [-0.4, -0.2) is 16.1 Å². The van der Waals surface area contributed by atoms with Gasteiger partial charge in [-0.3, -0.25) is 4.98 Å². The number of rotatable bonds is 4. The van der Waals surface area contributed by atoms with E-state index in [1.165, 1.54) is 11.3 Å². The molecule has 2 heterocycles. The predicted octanol–water partition coefficient (Wildman–Crippen LogP) is 3.57. The first-order valence-electron chi connectivity index (χ1n) is 6.01. The zero-order valence-corrected chi connectivity index (χ0v) is 11.3. The quantitative estimate of drug-likeness (QED) is 0.796. The van der Waals surface area contributed by atoms with E-state index in [0.717, 1.165) is 15.6 Å². The highest BCUT2D eigenvalue weighted by atomic mass is 32.1. The fourth-order valence-corrected chi connectivity index (χ4v) is 3.05. The number of hydrogen-bond donors (Lipinski definition) is 1. The van der Waals surface area contributed by atoms with Crippen molar-refractivity contribution < 1.29 is 14.6 Å². The van der Waals surface area contributed by atoms with Gasteiger partial charge in [-0.2, -0.15) is 0 Å². The number of carboxylic acids is 1. The lowest BCUT2D eigenvalue weighted by Crippen LogP contribution is -1.97. The molecule has 0 bridgehead atoms. The lowest BCUT2D eigenvalue weighted by atomic mass is 10.1. The molecule has 0 saturated heterocycles. The highest BCUT2D eigenvalue weighted by Gasteiger charge is 2.12. The standard InChI is InChI=1S/C15H11NO3S/c17-15(18)13-5-1-4-12-10(9-20-14(12)13)8-19-11-3-2-6-16-7-11/h1-7,9H,8H2,(H,17,18). The summed E-state index contributed by atoms with van der Waals surface area (Å²) in [6.07, 6.45) is 3.34. The molecule has 1 aromatic carbocycles. The number of hydrogen-bond acceptors (Lipinski definition) is 4. The van der Waals surface area contributed by atoms with Crippen molar-refractivity contribution >= 4 is 27.4 Å². The molecule has 0 saturated carbocycles. The molecule has 0 radical (unpaired) electrons. The summed E-state index contributed by atoms with van der Waals surface area (Å²) in [5.74, 6) is -0.210. The molecule has 20 heavy (non-hydrogen) atoms. The Labute approximate surface area is 119 Å². The molecular weight excluding hydrogens is 274 g/mol. The van der Waals surface area contributed by atoms with Crippen LogP contribution in [0.1, 0.15) is 15.9 Å². The summed E-state index contributed by atoms with van der Waals surface area (Å²) in [5.41, 5.74) is 1.32. The monoisotopic (exact) mass is 285 g/mol. The molecule has 2 aromatic heterocycles. The molecule has 0 fully saturated rings. The van der Waals surface area contributed by atoms with Gasteiger partial charge in [-0.25, -0.2) is 4.79 Å². The lowest BCUT2D eigenvalue weighted by molar-refractivity contribution is 0.0699. The summed E-state index contributed by atoms with van der Waals surface area (Å²) in [5, 5.41) is 12.0. The molecule has 0 atom stereocenters. The first-order chi connectivity index (χ1) is 9.75. The summed E-state index contributed by atoms with van der Waals surface area (Å²) in [4.78, 5) is 15.2. The van der Waals surface area contributed by atoms with Crippen molar-refractivity contribution in [3.63, 3.8) is 0 Å². The van der Waals surface area contributed by atoms with Crippen LogP contribution in [0.25, 0.3) is 10.1 Å². The van der Waals surface area contributed by atoms with Crippen LogP contribution in [0.4, 0.5) is 0 Å². The van der Waals surface area contributed by atoms with Crippen molar-refractivity contribution in [1.29, 1.82) is 0 Å². The van der Waals surface area contributed by atoms with Gasteiger partial charge in [0.2, 0.25) is 0 Å². The van der Waals surface area contributed by atoms with Gasteiger partial charge in [-0.05, 0) is 29.0 Å². The zero-order valence-electron chi connectivity index (χ0n) is 10.4. The maximum atomic E-state index is 11.2. The van der Waals surface area contributed by atoms with Crippen LogP contribution < -0.4 is 4.74 Å². The third-order valence-electron chi connectivity index (χ3n) is 2.94. The fraction of sp³-hybridized carbons (Fsp3) is 0.0667. The molecule has 0 spiro atoms. The summed E-state index contributed by atoms with van der Waals surface area (Å²) in [7, 11) is 0. The third-order valence-corrected chi connectivity index (χ3v) is 4.02. The Hall–Kier alpha value is -2.40. The van der Waals surface area contributed by atoms with Gasteiger partial charge in [0.1, 0.15) is 12.4 Å². The second-order valence-corrected chi connectivity index (χ2v) is 5.11. The summed E-state index contributed by atoms with van der Waals surface area (Å²) in [6.45, 7) is 0.398. The van der Waals surface area contributed by atoms with E-state index in [1.807, 2.05) is 23.6 Å². The molecule has 0 aliphatic rings. The van der Waals surface area contributed by atoms with E-state index in [-0.39, 0.29) is 0 Å². The van der Waals surface area contributed by atoms with Crippen LogP contribution >= 0.6 is 11.3 Å². The first-order valence-corrected chi connectivity index (χ1v) is 6.89. The normalized spacial score (nSPS) is 10.6. The van der Waals surface area contributed by atoms with Gasteiger partial charge < -0.3 is 9.84 Å². The first kappa shape index (κ1) is 12.6. The van der Waals surface area contributed by atoms with E-state index in [2.05, 4.69) is 4.98 Å². The topological polar surface area (TPSA) is 59.4 Å². The van der Waals surface area contributed by atoms with Gasteiger partial charge >= 0.3 is 5.97 Å². The smallest absolute Gasteiger partial charge is 0.337 e. The van der Waals surface area contributed by atoms with Crippen molar-refractivity contribution in [3.8, 4) is 5.75 Å². The molecule has 100 valence electrons. The van der Waals surface area contributed by atoms with E-state index in [4.69, 9.17) is 9.84 Å². The third kappa shape index (κ3) is 2.35. The SMILES string of the molecule is O=C(O)c1cccc2c(COc3cccnc3)csc12. The minimum absolute atomic E-state index is 0.333. The molecule has 0 aliphatic heterocycles. The fourth-order valence-electron chi connectivity index (χ4n) is 1.98. The Morgan fingerprint density at radius 1 is 1.30 bits per heavy atom. The Morgan fingerprint density at radius 2 is 2.20 bits per heavy atom. The minimum Gasteiger partial charge on any atom is -0.487 e. The van der Waals surface area contributed by atoms with Gasteiger partial charge in [0.25, 0.3) is 0 Å². The summed E-state index contributed by atoms with van der Waals surface area (Å²) in [6, 6.07) is 8.94. The van der Waals surface area contributed by atoms with Crippen molar-refractivity contribution in [2.45, 2.75) is 6.61 Å². The average molecular weight is 285 g/mol. The highest BCUT2D eigenvalue weighted by Crippen LogP contribution is 2.30. The number of aromatic nitrogens is 1. The van der Waals surface area contributed by atoms with Gasteiger partial charge in [-0.1, -0.05) is 12.1 Å². The van der Waals surface area contributed by atoms with Crippen molar-refractivity contribution in [3.05, 3.63) is 59.2 Å². The van der Waals surface area contributed by atoms with Gasteiger partial charge in [0.15, 0.2) is 0 Å². The van der Waals surface area contributed by atoms with Crippen LogP contribution in [0.15, 0.2) is 48.1 Å². The highest BCUT2D eigenvalue weighted by molar-refractivity contribution is 7.17. The van der Waals surface area contributed by atoms with E-state index < -0.39 is 5.97 Å². The van der Waals surface area contributed by atoms with Crippen LogP contribution in [0.2, 0.25) is 0 Å². The van der Waals surface area contributed by atoms with Crippen LogP contribution in [0, 0.1) is 0 Å². The van der Waals surface area contributed by atoms with Crippen LogP contribution in [0.5, 0.6) is 5.75 Å². The van der Waals surface area contributed by atoms with Crippen LogP contribution in [0.3, 0.4) is 0 Å². The number of aromatic carboxylic acids is 1. The second-order valence-electron chi connectivity index (χ2n) is 4.23. The predicted molar refractivity (Wildman–Crippen MR) is 77.4 cm³/mol. The van der Waals surface area contributed by atoms with Crippen molar-refractivity contribution in [1.82, 2.24) is 4.98 Å². The molecular formula is C15H11NO3S. The Morgan fingerprint density at radius 3 is 2.95 bits per heavy atom. The lowest BCUT2D eigenvalue weighted by Gasteiger charge is -2.04. The molecule has 0 unspecified atom stereocenters. The van der Waals surface area contributed by atoms with E-state index in [1.54, 1.807) is 24.5 Å². The number of fused-ring (bicyclic) bond motifs is 1. The van der Waals surface area contributed by atoms with E-state index >= 15 is 0 Å². The molecule has 5 heteroatoms. The average Bonchev–Trinajstić information content (AvgIpc) is 2.89. The van der Waals surface area contributed by atoms with Crippen LogP contribution in [-0.2, 0) is 6.61 Å². The van der Waals surface area contributed by atoms with E-state index in [9.17, 15) is 4.79 Å². The number of thiophene rings is 1. The maximum Gasteiger partial charge on any atom is 0.337 e. The maximum absolute atomic E-state index is 11.2. The van der Waals surface area contributed by atoms with E-state index in [0.29, 0.717) is 17.9 Å². The molecule has 3 rings (SSSR count). The Kier molecular flexibility index (Phi) is 3.35. The number of carbonyl (C=O) groups is 1. The molecule has 1 N–H and O–H groups in total. The minimum atomic E-state index is -0.905. The number of benzene rings is 1. The number of carboxylic acid groups (broad SMARTS) is 1. The largest absolute Gasteiger partial charge is 0.487 e. The summed E-state index contributed by atoms with van der Waals surface area (Å²) >= 11 is 1.43. The van der Waals surface area contributed by atoms with Gasteiger partial charge in [0, 0.05) is 16.5 Å². The Balaban J connectivity index is 1.90. The van der Waals surface area contributed by atoms with Crippen molar-refractivity contribution in [2.75, 3.05) is 0 Å². The number of ether oxygens (including phenoxy) is 1. The molecule has 4 nitrogen and oxygen atoms in total. The number of pyridine rings is 1. The number of nitrogens with zero attached hydrogens (tertiary/aromatic N) is 1. The summed E-state index contributed by atoms with van der Waals surface area (Å²) < 4.78 is 6.44. The molecule has 0 aliphatic carbocycles. The second kappa shape index (κ2) is 5.30.